The summed E-state index contributed by atoms with van der Waals surface area (Å²) >= 11 is 0. The molecule has 1 rings (SSSR count). The predicted octanol–water partition coefficient (Wildman–Crippen LogP) is 2.67. The second-order valence-corrected chi connectivity index (χ2v) is 5.08. The Morgan fingerprint density at radius 3 is 2.40 bits per heavy atom. The quantitative estimate of drug-likeness (QED) is 0.557. The molecule has 0 aromatic heterocycles. The van der Waals surface area contributed by atoms with Crippen molar-refractivity contribution in [2.24, 2.45) is 0 Å². The Morgan fingerprint density at radius 1 is 1.20 bits per heavy atom. The highest BCUT2D eigenvalue weighted by Gasteiger charge is 2.14. The third-order valence-corrected chi connectivity index (χ3v) is 2.88. The van der Waals surface area contributed by atoms with Crippen molar-refractivity contribution in [1.29, 1.82) is 0 Å². The highest BCUT2D eigenvalue weighted by atomic mass is 16.5. The van der Waals surface area contributed by atoms with Gasteiger partial charge in [0.25, 0.3) is 0 Å². The monoisotopic (exact) mass is 279 g/mol. The summed E-state index contributed by atoms with van der Waals surface area (Å²) in [5.41, 5.74) is 0.702. The summed E-state index contributed by atoms with van der Waals surface area (Å²) in [7, 11) is 1.68. The molecule has 0 heterocycles. The number of ketones is 1. The van der Waals surface area contributed by atoms with Crippen LogP contribution in [0.5, 0.6) is 5.75 Å². The van der Waals surface area contributed by atoms with Crippen molar-refractivity contribution in [3.05, 3.63) is 29.8 Å². The van der Waals surface area contributed by atoms with Gasteiger partial charge in [-0.05, 0) is 58.0 Å². The lowest BCUT2D eigenvalue weighted by Crippen LogP contribution is -2.35. The topological polar surface area (TPSA) is 47.6 Å². The van der Waals surface area contributed by atoms with Gasteiger partial charge in [0.15, 0.2) is 5.78 Å². The maximum Gasteiger partial charge on any atom is 0.179 e. The Bertz CT molecular complexity index is 401. The first kappa shape index (κ1) is 16.7. The van der Waals surface area contributed by atoms with Gasteiger partial charge in [-0.15, -0.1) is 0 Å². The summed E-state index contributed by atoms with van der Waals surface area (Å²) in [6.07, 6.45) is 1.04. The second-order valence-electron chi connectivity index (χ2n) is 5.08. The molecule has 1 atom stereocenters. The maximum atomic E-state index is 12.2. The van der Waals surface area contributed by atoms with E-state index in [1.54, 1.807) is 7.11 Å². The highest BCUT2D eigenvalue weighted by molar-refractivity contribution is 5.99. The van der Waals surface area contributed by atoms with Crippen LogP contribution < -0.4 is 10.1 Å². The standard InChI is InChI=1S/C16H25NO3/c1-12(2)20-15-8-6-14(7-9-15)16(18)13(3)17-10-5-11-19-4/h6-9,12-13,17H,5,10-11H2,1-4H3. The van der Waals surface area contributed by atoms with Crippen LogP contribution in [0.4, 0.5) is 0 Å². The summed E-state index contributed by atoms with van der Waals surface area (Å²) < 4.78 is 10.5. The first-order valence-corrected chi connectivity index (χ1v) is 7.08. The lowest BCUT2D eigenvalue weighted by Gasteiger charge is -2.14. The third kappa shape index (κ3) is 5.72. The molecule has 4 nitrogen and oxygen atoms in total. The number of hydrogen-bond acceptors (Lipinski definition) is 4. The second kappa shape index (κ2) is 8.72. The number of carbonyl (C=O) groups is 1. The minimum Gasteiger partial charge on any atom is -0.491 e. The van der Waals surface area contributed by atoms with Gasteiger partial charge in [0.05, 0.1) is 12.1 Å². The van der Waals surface area contributed by atoms with E-state index in [0.717, 1.165) is 18.7 Å². The molecular formula is C16H25NO3. The minimum absolute atomic E-state index is 0.0958. The Balaban J connectivity index is 2.49. The molecule has 20 heavy (non-hydrogen) atoms. The largest absolute Gasteiger partial charge is 0.491 e. The van der Waals surface area contributed by atoms with E-state index >= 15 is 0 Å². The van der Waals surface area contributed by atoms with Crippen LogP contribution in [0.2, 0.25) is 0 Å². The van der Waals surface area contributed by atoms with Gasteiger partial charge in [-0.1, -0.05) is 0 Å². The van der Waals surface area contributed by atoms with Crippen molar-refractivity contribution in [2.75, 3.05) is 20.3 Å². The molecule has 1 N–H and O–H groups in total. The molecule has 0 saturated carbocycles. The predicted molar refractivity (Wildman–Crippen MR) is 80.5 cm³/mol. The van der Waals surface area contributed by atoms with Crippen molar-refractivity contribution in [1.82, 2.24) is 5.32 Å². The zero-order chi connectivity index (χ0) is 15.0. The molecule has 0 saturated heterocycles. The molecule has 1 unspecified atom stereocenters. The van der Waals surface area contributed by atoms with E-state index in [2.05, 4.69) is 5.32 Å². The van der Waals surface area contributed by atoms with Crippen molar-refractivity contribution in [3.63, 3.8) is 0 Å². The molecule has 0 aliphatic rings. The molecule has 4 heteroatoms. The number of nitrogens with one attached hydrogen (secondary N) is 1. The van der Waals surface area contributed by atoms with Crippen LogP contribution in [0.3, 0.4) is 0 Å². The average molecular weight is 279 g/mol. The lowest BCUT2D eigenvalue weighted by molar-refractivity contribution is 0.0949. The van der Waals surface area contributed by atoms with Crippen LogP contribution in [0.25, 0.3) is 0 Å². The number of rotatable bonds is 9. The summed E-state index contributed by atoms with van der Waals surface area (Å²) in [5, 5.41) is 3.20. The Kier molecular flexibility index (Phi) is 7.26. The molecule has 0 aliphatic heterocycles. The summed E-state index contributed by atoms with van der Waals surface area (Å²) in [6.45, 7) is 7.31. The highest BCUT2D eigenvalue weighted by Crippen LogP contribution is 2.15. The van der Waals surface area contributed by atoms with E-state index in [0.29, 0.717) is 12.2 Å². The zero-order valence-corrected chi connectivity index (χ0v) is 12.8. The Morgan fingerprint density at radius 2 is 1.85 bits per heavy atom. The third-order valence-electron chi connectivity index (χ3n) is 2.88. The van der Waals surface area contributed by atoms with E-state index in [1.165, 1.54) is 0 Å². The number of methoxy groups -OCH3 is 1. The van der Waals surface area contributed by atoms with Crippen LogP contribution >= 0.6 is 0 Å². The zero-order valence-electron chi connectivity index (χ0n) is 12.8. The van der Waals surface area contributed by atoms with E-state index in [9.17, 15) is 4.79 Å². The van der Waals surface area contributed by atoms with Gasteiger partial charge in [-0.3, -0.25) is 4.79 Å². The molecule has 112 valence electrons. The van der Waals surface area contributed by atoms with Crippen LogP contribution in [-0.4, -0.2) is 38.2 Å². The normalized spacial score (nSPS) is 12.4. The number of Topliss-reactive ketones (excluding diaryl/α,β-unsaturated/α-hetero) is 1. The van der Waals surface area contributed by atoms with Gasteiger partial charge in [0.1, 0.15) is 5.75 Å². The van der Waals surface area contributed by atoms with Crippen LogP contribution in [0.1, 0.15) is 37.6 Å². The van der Waals surface area contributed by atoms with E-state index in [4.69, 9.17) is 9.47 Å². The van der Waals surface area contributed by atoms with Gasteiger partial charge < -0.3 is 14.8 Å². The summed E-state index contributed by atoms with van der Waals surface area (Å²) in [6, 6.07) is 7.11. The molecule has 1 aromatic carbocycles. The van der Waals surface area contributed by atoms with Gasteiger partial charge in [0, 0.05) is 19.3 Å². The van der Waals surface area contributed by atoms with Crippen molar-refractivity contribution in [3.8, 4) is 5.75 Å². The Labute approximate surface area is 121 Å². The Hall–Kier alpha value is -1.39. The van der Waals surface area contributed by atoms with Crippen molar-refractivity contribution < 1.29 is 14.3 Å². The fourth-order valence-corrected chi connectivity index (χ4v) is 1.85. The molecular weight excluding hydrogens is 254 g/mol. The average Bonchev–Trinajstić information content (AvgIpc) is 2.43. The van der Waals surface area contributed by atoms with Crippen LogP contribution in [0.15, 0.2) is 24.3 Å². The lowest BCUT2D eigenvalue weighted by atomic mass is 10.1. The molecule has 0 spiro atoms. The maximum absolute atomic E-state index is 12.2. The number of ether oxygens (including phenoxy) is 2. The van der Waals surface area contributed by atoms with Gasteiger partial charge >= 0.3 is 0 Å². The van der Waals surface area contributed by atoms with Gasteiger partial charge in [0.2, 0.25) is 0 Å². The summed E-state index contributed by atoms with van der Waals surface area (Å²) in [4.78, 5) is 12.2. The number of benzene rings is 1. The minimum atomic E-state index is -0.191. The van der Waals surface area contributed by atoms with Gasteiger partial charge in [-0.2, -0.15) is 0 Å². The van der Waals surface area contributed by atoms with E-state index in [1.807, 2.05) is 45.0 Å². The van der Waals surface area contributed by atoms with Crippen molar-refractivity contribution in [2.45, 2.75) is 39.3 Å². The van der Waals surface area contributed by atoms with Crippen molar-refractivity contribution >= 4 is 5.78 Å². The van der Waals surface area contributed by atoms with Crippen LogP contribution in [-0.2, 0) is 4.74 Å². The molecule has 0 radical (unpaired) electrons. The fourth-order valence-electron chi connectivity index (χ4n) is 1.85. The fraction of sp³-hybridized carbons (Fsp3) is 0.562. The smallest absolute Gasteiger partial charge is 0.179 e. The first-order chi connectivity index (χ1) is 9.54. The molecule has 0 fully saturated rings. The number of carbonyl (C=O) groups excluding carboxylic acids is 1. The molecule has 1 aromatic rings. The number of hydrogen-bond donors (Lipinski definition) is 1. The molecule has 0 amide bonds. The SMILES string of the molecule is COCCCNC(C)C(=O)c1ccc(OC(C)C)cc1. The first-order valence-electron chi connectivity index (χ1n) is 7.08. The van der Waals surface area contributed by atoms with E-state index in [-0.39, 0.29) is 17.9 Å². The molecule has 0 aliphatic carbocycles. The van der Waals surface area contributed by atoms with Crippen LogP contribution in [0, 0.1) is 0 Å². The van der Waals surface area contributed by atoms with E-state index < -0.39 is 0 Å². The van der Waals surface area contributed by atoms with Gasteiger partial charge in [-0.25, -0.2) is 0 Å². The summed E-state index contributed by atoms with van der Waals surface area (Å²) in [5.74, 6) is 0.885. The molecule has 0 bridgehead atoms.